The summed E-state index contributed by atoms with van der Waals surface area (Å²) in [6.07, 6.45) is 5.19. The molecule has 3 atom stereocenters. The van der Waals surface area contributed by atoms with Crippen LogP contribution in [0, 0.1) is 5.92 Å². The predicted molar refractivity (Wildman–Crippen MR) is 106 cm³/mol. The maximum atomic E-state index is 12.7. The summed E-state index contributed by atoms with van der Waals surface area (Å²) in [5.41, 5.74) is 1.25. The number of carbonyl (C=O) groups excluding carboxylic acids is 2. The molecule has 0 spiro atoms. The molecular formula is C21H28N2O3S. The van der Waals surface area contributed by atoms with E-state index < -0.39 is 11.2 Å². The van der Waals surface area contributed by atoms with E-state index in [-0.39, 0.29) is 28.7 Å². The van der Waals surface area contributed by atoms with Crippen LogP contribution < -0.4 is 0 Å². The van der Waals surface area contributed by atoms with Crippen molar-refractivity contribution in [3.8, 4) is 0 Å². The molecule has 0 aromatic heterocycles. The van der Waals surface area contributed by atoms with Crippen LogP contribution in [0.2, 0.25) is 0 Å². The predicted octanol–water partition coefficient (Wildman–Crippen LogP) is 2.15. The number of carbonyl (C=O) groups is 2. The van der Waals surface area contributed by atoms with Crippen molar-refractivity contribution < 1.29 is 14.1 Å². The van der Waals surface area contributed by atoms with Crippen LogP contribution in [0.4, 0.5) is 0 Å². The summed E-state index contributed by atoms with van der Waals surface area (Å²) < 4.78 is 12.3. The topological polar surface area (TPSA) is 63.7 Å². The highest BCUT2D eigenvalue weighted by atomic mass is 32.2. The van der Waals surface area contributed by atoms with Gasteiger partial charge in [0.25, 0.3) is 5.91 Å². The summed E-state index contributed by atoms with van der Waals surface area (Å²) in [6.45, 7) is 2.32. The normalized spacial score (nSPS) is 26.9. The van der Waals surface area contributed by atoms with E-state index in [2.05, 4.69) is 12.1 Å². The number of benzene rings is 1. The first kappa shape index (κ1) is 18.8. The van der Waals surface area contributed by atoms with E-state index in [1.54, 1.807) is 4.90 Å². The highest BCUT2D eigenvalue weighted by Gasteiger charge is 2.46. The number of piperazine rings is 1. The molecule has 6 heteroatoms. The van der Waals surface area contributed by atoms with E-state index in [4.69, 9.17) is 0 Å². The lowest BCUT2D eigenvalue weighted by Gasteiger charge is -2.35. The average Bonchev–Trinajstić information content (AvgIpc) is 3.31. The van der Waals surface area contributed by atoms with Gasteiger partial charge in [-0.3, -0.25) is 9.59 Å². The van der Waals surface area contributed by atoms with Gasteiger partial charge in [0, 0.05) is 32.1 Å². The van der Waals surface area contributed by atoms with Gasteiger partial charge in [0.05, 0.1) is 0 Å². The van der Waals surface area contributed by atoms with Crippen LogP contribution in [0.5, 0.6) is 0 Å². The molecule has 4 rings (SSSR count). The van der Waals surface area contributed by atoms with Gasteiger partial charge < -0.3 is 14.4 Å². The van der Waals surface area contributed by atoms with Gasteiger partial charge >= 0.3 is 0 Å². The van der Waals surface area contributed by atoms with Gasteiger partial charge in [0.1, 0.15) is 5.25 Å². The first-order chi connectivity index (χ1) is 13.1. The largest absolute Gasteiger partial charge is 0.616 e. The SMILES string of the molecule is O=C(C[S+]([O-])C1CCCC1)N1CCN(C(=O)C2CC2c2ccccc2)CC1. The average molecular weight is 389 g/mol. The Labute approximate surface area is 164 Å². The number of amides is 2. The maximum absolute atomic E-state index is 12.7. The molecule has 1 saturated heterocycles. The lowest BCUT2D eigenvalue weighted by molar-refractivity contribution is -0.139. The Hall–Kier alpha value is -1.53. The van der Waals surface area contributed by atoms with Crippen LogP contribution >= 0.6 is 0 Å². The van der Waals surface area contributed by atoms with Gasteiger partial charge in [0.2, 0.25) is 5.91 Å². The first-order valence-electron chi connectivity index (χ1n) is 10.1. The Kier molecular flexibility index (Phi) is 5.74. The van der Waals surface area contributed by atoms with Crippen molar-refractivity contribution in [2.75, 3.05) is 31.9 Å². The Bertz CT molecular complexity index is 669. The highest BCUT2D eigenvalue weighted by Crippen LogP contribution is 2.48. The van der Waals surface area contributed by atoms with Crippen LogP contribution in [0.25, 0.3) is 0 Å². The number of hydrogen-bond donors (Lipinski definition) is 0. The minimum Gasteiger partial charge on any atom is -0.616 e. The minimum atomic E-state index is -1.04. The van der Waals surface area contributed by atoms with E-state index in [9.17, 15) is 14.1 Å². The zero-order valence-corrected chi connectivity index (χ0v) is 16.5. The lowest BCUT2D eigenvalue weighted by Crippen LogP contribution is -2.52. The molecule has 27 heavy (non-hydrogen) atoms. The van der Waals surface area contributed by atoms with Crippen molar-refractivity contribution in [1.82, 2.24) is 9.80 Å². The second kappa shape index (κ2) is 8.23. The number of rotatable bonds is 5. The van der Waals surface area contributed by atoms with Gasteiger partial charge in [-0.15, -0.1) is 0 Å². The van der Waals surface area contributed by atoms with Crippen LogP contribution in [0.3, 0.4) is 0 Å². The summed E-state index contributed by atoms with van der Waals surface area (Å²) in [4.78, 5) is 28.9. The fraction of sp³-hybridized carbons (Fsp3) is 0.619. The minimum absolute atomic E-state index is 0.0130. The fourth-order valence-electron chi connectivity index (χ4n) is 4.43. The molecule has 2 aliphatic carbocycles. The Morgan fingerprint density at radius 2 is 1.63 bits per heavy atom. The molecule has 1 heterocycles. The molecule has 3 aliphatic rings. The standard InChI is InChI=1S/C21H28N2O3S/c24-20(15-27(26)17-8-4-5-9-17)22-10-12-23(13-11-22)21(25)19-14-18(19)16-6-2-1-3-7-16/h1-3,6-7,17-19H,4-5,8-15H2. The Balaban J connectivity index is 1.23. The highest BCUT2D eigenvalue weighted by molar-refractivity contribution is 7.92. The molecule has 1 aliphatic heterocycles. The smallest absolute Gasteiger partial charge is 0.272 e. The second-order valence-corrected chi connectivity index (χ2v) is 9.71. The zero-order valence-electron chi connectivity index (χ0n) is 15.7. The second-order valence-electron chi connectivity index (χ2n) is 8.00. The molecule has 2 saturated carbocycles. The summed E-state index contributed by atoms with van der Waals surface area (Å²) in [6, 6.07) is 10.2. The van der Waals surface area contributed by atoms with Crippen LogP contribution in [0.1, 0.15) is 43.6 Å². The Morgan fingerprint density at radius 1 is 1.00 bits per heavy atom. The van der Waals surface area contributed by atoms with Crippen LogP contribution in [-0.4, -0.2) is 63.3 Å². The van der Waals surface area contributed by atoms with Gasteiger partial charge in [-0.1, -0.05) is 30.3 Å². The molecule has 1 aromatic carbocycles. The van der Waals surface area contributed by atoms with E-state index in [1.807, 2.05) is 23.1 Å². The molecule has 5 nitrogen and oxygen atoms in total. The summed E-state index contributed by atoms with van der Waals surface area (Å²) in [7, 11) is 0. The van der Waals surface area contributed by atoms with Crippen molar-refractivity contribution in [1.29, 1.82) is 0 Å². The summed E-state index contributed by atoms with van der Waals surface area (Å²) in [5, 5.41) is 0.210. The molecule has 0 N–H and O–H groups in total. The van der Waals surface area contributed by atoms with E-state index >= 15 is 0 Å². The quantitative estimate of drug-likeness (QED) is 0.726. The van der Waals surface area contributed by atoms with Crippen molar-refractivity contribution in [2.45, 2.75) is 43.3 Å². The fourth-order valence-corrected chi connectivity index (χ4v) is 5.95. The number of hydrogen-bond acceptors (Lipinski definition) is 3. The molecule has 0 bridgehead atoms. The van der Waals surface area contributed by atoms with Crippen molar-refractivity contribution in [3.63, 3.8) is 0 Å². The van der Waals surface area contributed by atoms with Crippen molar-refractivity contribution >= 4 is 23.0 Å². The summed E-state index contributed by atoms with van der Waals surface area (Å²) in [5.74, 6) is 0.820. The zero-order chi connectivity index (χ0) is 18.8. The van der Waals surface area contributed by atoms with Gasteiger partial charge in [-0.2, -0.15) is 0 Å². The van der Waals surface area contributed by atoms with Crippen molar-refractivity contribution in [3.05, 3.63) is 35.9 Å². The molecule has 1 aromatic rings. The molecule has 3 unspecified atom stereocenters. The molecule has 3 fully saturated rings. The number of nitrogens with zero attached hydrogens (tertiary/aromatic N) is 2. The molecular weight excluding hydrogens is 360 g/mol. The van der Waals surface area contributed by atoms with Crippen LogP contribution in [-0.2, 0) is 20.8 Å². The third-order valence-corrected chi connectivity index (χ3v) is 7.97. The van der Waals surface area contributed by atoms with Gasteiger partial charge in [-0.05, 0) is 54.8 Å². The van der Waals surface area contributed by atoms with Gasteiger partial charge in [-0.25, -0.2) is 0 Å². The van der Waals surface area contributed by atoms with E-state index in [1.165, 1.54) is 5.56 Å². The monoisotopic (exact) mass is 388 g/mol. The van der Waals surface area contributed by atoms with Gasteiger partial charge in [0.15, 0.2) is 5.75 Å². The third kappa shape index (κ3) is 4.32. The molecule has 0 radical (unpaired) electrons. The molecule has 2 amide bonds. The maximum Gasteiger partial charge on any atom is 0.272 e. The third-order valence-electron chi connectivity index (χ3n) is 6.22. The Morgan fingerprint density at radius 3 is 2.30 bits per heavy atom. The van der Waals surface area contributed by atoms with E-state index in [0.717, 1.165) is 32.1 Å². The first-order valence-corrected chi connectivity index (χ1v) is 11.5. The summed E-state index contributed by atoms with van der Waals surface area (Å²) >= 11 is -1.04. The lowest BCUT2D eigenvalue weighted by atomic mass is 10.1. The van der Waals surface area contributed by atoms with Crippen molar-refractivity contribution in [2.24, 2.45) is 5.92 Å². The van der Waals surface area contributed by atoms with Crippen LogP contribution in [0.15, 0.2) is 30.3 Å². The molecule has 146 valence electrons. The van der Waals surface area contributed by atoms with E-state index in [0.29, 0.717) is 32.1 Å².